The minimum Gasteiger partial charge on any atom is -0.342 e. The molecular weight excluding hydrogens is 176 g/mol. The third-order valence-corrected chi connectivity index (χ3v) is 3.27. The van der Waals surface area contributed by atoms with Crippen molar-refractivity contribution in [2.45, 2.75) is 32.7 Å². The minimum absolute atomic E-state index is 0.160. The molecule has 0 N–H and O–H groups in total. The Hall–Kier alpha value is -0.570. The summed E-state index contributed by atoms with van der Waals surface area (Å²) in [6, 6.07) is 0.770. The molecule has 2 rings (SSSR count). The van der Waals surface area contributed by atoms with Crippen LogP contribution in [0.15, 0.2) is 0 Å². The topological polar surface area (TPSA) is 23.3 Å². The second kappa shape index (κ2) is 3.89. The standard InChI is InChI=1S/C11H20N2O/c1-9(2)11(14)13-5-3-10(4-6-13)12-7-8-12/h9-10H,3-8H2,1-2H3. The first kappa shape index (κ1) is 9.97. The Bertz CT molecular complexity index is 215. The number of carbonyl (C=O) groups excluding carboxylic acids is 1. The van der Waals surface area contributed by atoms with Gasteiger partial charge < -0.3 is 4.90 Å². The molecule has 0 spiro atoms. The van der Waals surface area contributed by atoms with Crippen LogP contribution in [0.25, 0.3) is 0 Å². The van der Waals surface area contributed by atoms with Gasteiger partial charge >= 0.3 is 0 Å². The maximum atomic E-state index is 11.7. The molecule has 14 heavy (non-hydrogen) atoms. The van der Waals surface area contributed by atoms with E-state index in [1.54, 1.807) is 0 Å². The number of hydrogen-bond donors (Lipinski definition) is 0. The number of amides is 1. The van der Waals surface area contributed by atoms with E-state index in [4.69, 9.17) is 0 Å². The average Bonchev–Trinajstić information content (AvgIpc) is 3.00. The second-order valence-corrected chi connectivity index (χ2v) is 4.75. The van der Waals surface area contributed by atoms with Crippen LogP contribution in [0, 0.1) is 5.92 Å². The summed E-state index contributed by atoms with van der Waals surface area (Å²) in [5.41, 5.74) is 0. The lowest BCUT2D eigenvalue weighted by Gasteiger charge is -2.33. The lowest BCUT2D eigenvalue weighted by molar-refractivity contribution is -0.135. The molecule has 2 heterocycles. The van der Waals surface area contributed by atoms with Crippen LogP contribution in [0.2, 0.25) is 0 Å². The van der Waals surface area contributed by atoms with Crippen molar-refractivity contribution in [1.29, 1.82) is 0 Å². The normalized spacial score (nSPS) is 24.4. The molecular formula is C11H20N2O. The van der Waals surface area contributed by atoms with E-state index >= 15 is 0 Å². The molecule has 3 nitrogen and oxygen atoms in total. The van der Waals surface area contributed by atoms with Crippen molar-refractivity contribution in [3.05, 3.63) is 0 Å². The molecule has 2 aliphatic rings. The monoisotopic (exact) mass is 196 g/mol. The van der Waals surface area contributed by atoms with Crippen molar-refractivity contribution in [2.24, 2.45) is 5.92 Å². The fourth-order valence-electron chi connectivity index (χ4n) is 2.24. The number of hydrogen-bond acceptors (Lipinski definition) is 2. The summed E-state index contributed by atoms with van der Waals surface area (Å²) in [7, 11) is 0. The lowest BCUT2D eigenvalue weighted by Crippen LogP contribution is -2.43. The van der Waals surface area contributed by atoms with E-state index in [9.17, 15) is 4.79 Å². The second-order valence-electron chi connectivity index (χ2n) is 4.75. The van der Waals surface area contributed by atoms with Crippen molar-refractivity contribution in [3.8, 4) is 0 Å². The molecule has 0 aromatic heterocycles. The molecule has 0 aromatic carbocycles. The van der Waals surface area contributed by atoms with Crippen molar-refractivity contribution >= 4 is 5.91 Å². The SMILES string of the molecule is CC(C)C(=O)N1CCC(N2CC2)CC1. The Balaban J connectivity index is 1.80. The molecule has 0 aromatic rings. The van der Waals surface area contributed by atoms with Gasteiger partial charge in [0, 0.05) is 38.1 Å². The third-order valence-electron chi connectivity index (χ3n) is 3.27. The first-order valence-corrected chi connectivity index (χ1v) is 5.71. The van der Waals surface area contributed by atoms with Gasteiger partial charge in [0.15, 0.2) is 0 Å². The number of carbonyl (C=O) groups is 1. The van der Waals surface area contributed by atoms with Crippen LogP contribution >= 0.6 is 0 Å². The van der Waals surface area contributed by atoms with Crippen molar-refractivity contribution < 1.29 is 4.79 Å². The number of nitrogens with zero attached hydrogens (tertiary/aromatic N) is 2. The molecule has 0 unspecified atom stereocenters. The number of piperidine rings is 1. The zero-order valence-electron chi connectivity index (χ0n) is 9.20. The molecule has 0 saturated carbocycles. The third kappa shape index (κ3) is 2.08. The molecule has 0 atom stereocenters. The van der Waals surface area contributed by atoms with Gasteiger partial charge in [-0.3, -0.25) is 9.69 Å². The maximum absolute atomic E-state index is 11.7. The van der Waals surface area contributed by atoms with Crippen LogP contribution in [-0.4, -0.2) is 47.9 Å². The first-order valence-electron chi connectivity index (χ1n) is 5.71. The Morgan fingerprint density at radius 3 is 2.14 bits per heavy atom. The van der Waals surface area contributed by atoms with Gasteiger partial charge in [0.2, 0.25) is 5.91 Å². The van der Waals surface area contributed by atoms with Crippen LogP contribution in [-0.2, 0) is 4.79 Å². The van der Waals surface area contributed by atoms with Crippen molar-refractivity contribution in [2.75, 3.05) is 26.2 Å². The van der Waals surface area contributed by atoms with Crippen LogP contribution in [0.5, 0.6) is 0 Å². The zero-order valence-corrected chi connectivity index (χ0v) is 9.20. The van der Waals surface area contributed by atoms with Crippen LogP contribution in [0.1, 0.15) is 26.7 Å². The Kier molecular flexibility index (Phi) is 2.77. The van der Waals surface area contributed by atoms with Gasteiger partial charge in [-0.15, -0.1) is 0 Å². The molecule has 1 amide bonds. The first-order chi connectivity index (χ1) is 6.68. The molecule has 0 radical (unpaired) electrons. The van der Waals surface area contributed by atoms with Gasteiger partial charge in [-0.25, -0.2) is 0 Å². The summed E-state index contributed by atoms with van der Waals surface area (Å²) in [6.45, 7) is 8.47. The highest BCUT2D eigenvalue weighted by Crippen LogP contribution is 2.22. The van der Waals surface area contributed by atoms with Crippen molar-refractivity contribution in [1.82, 2.24) is 9.80 Å². The van der Waals surface area contributed by atoms with Gasteiger partial charge in [-0.2, -0.15) is 0 Å². The largest absolute Gasteiger partial charge is 0.342 e. The summed E-state index contributed by atoms with van der Waals surface area (Å²) in [6.07, 6.45) is 2.36. The fraction of sp³-hybridized carbons (Fsp3) is 0.909. The molecule has 3 heteroatoms. The van der Waals surface area contributed by atoms with Gasteiger partial charge in [0.1, 0.15) is 0 Å². The summed E-state index contributed by atoms with van der Waals surface area (Å²) >= 11 is 0. The van der Waals surface area contributed by atoms with Crippen LogP contribution < -0.4 is 0 Å². The van der Waals surface area contributed by atoms with Crippen molar-refractivity contribution in [3.63, 3.8) is 0 Å². The van der Waals surface area contributed by atoms with E-state index < -0.39 is 0 Å². The van der Waals surface area contributed by atoms with E-state index in [-0.39, 0.29) is 5.92 Å². The van der Waals surface area contributed by atoms with E-state index in [1.807, 2.05) is 18.7 Å². The number of rotatable bonds is 2. The quantitative estimate of drug-likeness (QED) is 0.614. The van der Waals surface area contributed by atoms with Gasteiger partial charge in [0.05, 0.1) is 0 Å². The molecule has 2 saturated heterocycles. The number of likely N-dealkylation sites (tertiary alicyclic amines) is 1. The highest BCUT2D eigenvalue weighted by Gasteiger charge is 2.32. The predicted molar refractivity (Wildman–Crippen MR) is 56.0 cm³/mol. The molecule has 2 aliphatic heterocycles. The lowest BCUT2D eigenvalue weighted by atomic mass is 10.0. The summed E-state index contributed by atoms with van der Waals surface area (Å²) in [5.74, 6) is 0.488. The molecule has 80 valence electrons. The average molecular weight is 196 g/mol. The Labute approximate surface area is 86.1 Å². The van der Waals surface area contributed by atoms with Gasteiger partial charge in [-0.1, -0.05) is 13.8 Å². The van der Waals surface area contributed by atoms with Crippen LogP contribution in [0.3, 0.4) is 0 Å². The summed E-state index contributed by atoms with van der Waals surface area (Å²) in [4.78, 5) is 16.2. The Morgan fingerprint density at radius 2 is 1.71 bits per heavy atom. The van der Waals surface area contributed by atoms with Gasteiger partial charge in [0.25, 0.3) is 0 Å². The summed E-state index contributed by atoms with van der Waals surface area (Å²) < 4.78 is 0. The highest BCUT2D eigenvalue weighted by molar-refractivity contribution is 5.78. The summed E-state index contributed by atoms with van der Waals surface area (Å²) in [5, 5.41) is 0. The van der Waals surface area contributed by atoms with E-state index in [1.165, 1.54) is 25.9 Å². The zero-order chi connectivity index (χ0) is 10.1. The molecule has 2 fully saturated rings. The molecule has 0 bridgehead atoms. The fourth-order valence-corrected chi connectivity index (χ4v) is 2.24. The predicted octanol–water partition coefficient (Wildman–Crippen LogP) is 0.949. The van der Waals surface area contributed by atoms with E-state index in [2.05, 4.69) is 4.90 Å². The molecule has 0 aliphatic carbocycles. The smallest absolute Gasteiger partial charge is 0.225 e. The minimum atomic E-state index is 0.160. The van der Waals surface area contributed by atoms with Crippen LogP contribution in [0.4, 0.5) is 0 Å². The highest BCUT2D eigenvalue weighted by atomic mass is 16.2. The van der Waals surface area contributed by atoms with E-state index in [0.717, 1.165) is 19.1 Å². The Morgan fingerprint density at radius 1 is 1.14 bits per heavy atom. The van der Waals surface area contributed by atoms with Gasteiger partial charge in [-0.05, 0) is 12.8 Å². The maximum Gasteiger partial charge on any atom is 0.225 e. The van der Waals surface area contributed by atoms with E-state index in [0.29, 0.717) is 5.91 Å².